The third-order valence-corrected chi connectivity index (χ3v) is 7.39. The number of carbonyl (C=O) groups excluding carboxylic acids is 2. The summed E-state index contributed by atoms with van der Waals surface area (Å²) in [5, 5.41) is 4.83. The fourth-order valence-corrected chi connectivity index (χ4v) is 5.91. The van der Waals surface area contributed by atoms with Gasteiger partial charge in [-0.05, 0) is 38.0 Å². The maximum atomic E-state index is 14.5. The van der Waals surface area contributed by atoms with Crippen molar-refractivity contribution >= 4 is 38.4 Å². The largest absolute Gasteiger partial charge is 0.268 e. The van der Waals surface area contributed by atoms with Gasteiger partial charge in [0.2, 0.25) is 0 Å². The first-order chi connectivity index (χ1) is 14.2. The normalized spacial score (nSPS) is 20.4. The molecule has 10 heteroatoms. The lowest BCUT2D eigenvalue weighted by atomic mass is 10.1. The van der Waals surface area contributed by atoms with Gasteiger partial charge in [0.05, 0.1) is 45.4 Å². The smallest absolute Gasteiger partial charge is 0.267 e. The van der Waals surface area contributed by atoms with E-state index >= 15 is 0 Å². The molecule has 0 saturated carbocycles. The summed E-state index contributed by atoms with van der Waals surface area (Å²) in [6.07, 6.45) is 1.69. The summed E-state index contributed by atoms with van der Waals surface area (Å²) in [5.74, 6) is -1.94. The zero-order valence-corrected chi connectivity index (χ0v) is 17.0. The molecule has 0 aliphatic carbocycles. The number of hydrogen-bond donors (Lipinski definition) is 0. The van der Waals surface area contributed by atoms with Gasteiger partial charge in [-0.15, -0.1) is 0 Å². The molecule has 2 aromatic heterocycles. The molecule has 2 aliphatic rings. The standard InChI is InChI=1S/C20H17FN4O4S/c1-10-3-4-15(14(21)7-10)24-19(26)13-8-22-18-16(17(13)20(24)27)11(2)23-25(18)12-5-6-30(28,29)9-12/h3-4,7-8,12H,5-6,9H2,1-2H3. The van der Waals surface area contributed by atoms with Crippen LogP contribution < -0.4 is 4.90 Å². The number of aromatic nitrogens is 3. The molecule has 2 aliphatic heterocycles. The van der Waals surface area contributed by atoms with Gasteiger partial charge in [-0.1, -0.05) is 6.07 Å². The molecule has 1 atom stereocenters. The van der Waals surface area contributed by atoms with E-state index in [-0.39, 0.29) is 34.4 Å². The van der Waals surface area contributed by atoms with Crippen LogP contribution in [-0.2, 0) is 9.84 Å². The molecule has 1 aromatic carbocycles. The highest BCUT2D eigenvalue weighted by Crippen LogP contribution is 2.36. The summed E-state index contributed by atoms with van der Waals surface area (Å²) in [6.45, 7) is 3.39. The lowest BCUT2D eigenvalue weighted by Crippen LogP contribution is -2.30. The molecule has 3 aromatic rings. The second-order valence-electron chi connectivity index (χ2n) is 7.73. The number of pyridine rings is 1. The van der Waals surface area contributed by atoms with Crippen LogP contribution in [0.2, 0.25) is 0 Å². The Morgan fingerprint density at radius 2 is 1.93 bits per heavy atom. The summed E-state index contributed by atoms with van der Waals surface area (Å²) in [5.41, 5.74) is 1.56. The number of anilines is 1. The summed E-state index contributed by atoms with van der Waals surface area (Å²) in [4.78, 5) is 31.3. The number of fused-ring (bicyclic) bond motifs is 3. The minimum atomic E-state index is -3.15. The summed E-state index contributed by atoms with van der Waals surface area (Å²) in [6, 6.07) is 3.90. The lowest BCUT2D eigenvalue weighted by Gasteiger charge is -2.15. The number of aryl methyl sites for hydroxylation is 2. The van der Waals surface area contributed by atoms with Gasteiger partial charge in [0, 0.05) is 6.20 Å². The maximum absolute atomic E-state index is 14.5. The Morgan fingerprint density at radius 3 is 2.60 bits per heavy atom. The SMILES string of the molecule is Cc1ccc(N2C(=O)c3cnc4c(c(C)nn4C4CCS(=O)(=O)C4)c3C2=O)c(F)c1. The number of imide groups is 1. The van der Waals surface area contributed by atoms with Crippen molar-refractivity contribution in [3.63, 3.8) is 0 Å². The monoisotopic (exact) mass is 428 g/mol. The van der Waals surface area contributed by atoms with Crippen LogP contribution in [0, 0.1) is 19.7 Å². The van der Waals surface area contributed by atoms with E-state index in [1.54, 1.807) is 19.9 Å². The van der Waals surface area contributed by atoms with Crippen molar-refractivity contribution in [3.8, 4) is 0 Å². The van der Waals surface area contributed by atoms with Gasteiger partial charge in [0.1, 0.15) is 5.82 Å². The number of benzene rings is 1. The van der Waals surface area contributed by atoms with Gasteiger partial charge in [0.15, 0.2) is 15.5 Å². The van der Waals surface area contributed by atoms with Crippen LogP contribution in [0.25, 0.3) is 11.0 Å². The number of halogens is 1. The third kappa shape index (κ3) is 2.59. The van der Waals surface area contributed by atoms with Crippen LogP contribution in [0.4, 0.5) is 10.1 Å². The molecule has 8 nitrogen and oxygen atoms in total. The molecule has 0 radical (unpaired) electrons. The van der Waals surface area contributed by atoms with E-state index in [1.165, 1.54) is 23.0 Å². The molecule has 154 valence electrons. The Morgan fingerprint density at radius 1 is 1.17 bits per heavy atom. The van der Waals surface area contributed by atoms with Crippen molar-refractivity contribution in [2.45, 2.75) is 26.3 Å². The number of amides is 2. The van der Waals surface area contributed by atoms with E-state index in [0.29, 0.717) is 28.7 Å². The fraction of sp³-hybridized carbons (Fsp3) is 0.300. The first-order valence-corrected chi connectivity index (χ1v) is 11.2. The number of sulfone groups is 1. The number of carbonyl (C=O) groups is 2. The fourth-order valence-electron chi connectivity index (χ4n) is 4.22. The number of nitrogens with zero attached hydrogens (tertiary/aromatic N) is 4. The zero-order valence-electron chi connectivity index (χ0n) is 16.2. The predicted octanol–water partition coefficient (Wildman–Crippen LogP) is 2.35. The Bertz CT molecular complexity index is 1380. The molecule has 0 N–H and O–H groups in total. The Labute approximate surface area is 171 Å². The van der Waals surface area contributed by atoms with Gasteiger partial charge < -0.3 is 0 Å². The quantitative estimate of drug-likeness (QED) is 0.581. The molecule has 30 heavy (non-hydrogen) atoms. The average Bonchev–Trinajstić information content (AvgIpc) is 3.29. The van der Waals surface area contributed by atoms with E-state index in [0.717, 1.165) is 4.90 Å². The van der Waals surface area contributed by atoms with Crippen LogP contribution in [0.5, 0.6) is 0 Å². The average molecular weight is 428 g/mol. The molecule has 2 amide bonds. The van der Waals surface area contributed by atoms with Gasteiger partial charge in [-0.3, -0.25) is 9.59 Å². The van der Waals surface area contributed by atoms with Crippen LogP contribution in [0.3, 0.4) is 0 Å². The van der Waals surface area contributed by atoms with Crippen LogP contribution in [0.15, 0.2) is 24.4 Å². The van der Waals surface area contributed by atoms with E-state index in [9.17, 15) is 22.4 Å². The first-order valence-electron chi connectivity index (χ1n) is 9.41. The zero-order chi connectivity index (χ0) is 21.4. The molecular formula is C20H17FN4O4S. The van der Waals surface area contributed by atoms with Crippen LogP contribution in [0.1, 0.15) is 44.4 Å². The lowest BCUT2D eigenvalue weighted by molar-refractivity contribution is 0.0925. The molecule has 5 rings (SSSR count). The maximum Gasteiger partial charge on any atom is 0.267 e. The molecule has 1 saturated heterocycles. The van der Waals surface area contributed by atoms with Crippen molar-refractivity contribution < 1.29 is 22.4 Å². The highest BCUT2D eigenvalue weighted by Gasteiger charge is 2.41. The second kappa shape index (κ2) is 6.18. The van der Waals surface area contributed by atoms with Crippen molar-refractivity contribution in [3.05, 3.63) is 52.6 Å². The molecular weight excluding hydrogens is 411 g/mol. The molecule has 0 spiro atoms. The van der Waals surface area contributed by atoms with Crippen molar-refractivity contribution in [1.82, 2.24) is 14.8 Å². The Kier molecular flexibility index (Phi) is 3.88. The highest BCUT2D eigenvalue weighted by molar-refractivity contribution is 7.91. The van der Waals surface area contributed by atoms with Gasteiger partial charge in [0.25, 0.3) is 11.8 Å². The molecule has 1 fully saturated rings. The molecule has 1 unspecified atom stereocenters. The summed E-state index contributed by atoms with van der Waals surface area (Å²) >= 11 is 0. The minimum Gasteiger partial charge on any atom is -0.268 e. The van der Waals surface area contributed by atoms with E-state index in [4.69, 9.17) is 0 Å². The van der Waals surface area contributed by atoms with Crippen LogP contribution >= 0.6 is 0 Å². The topological polar surface area (TPSA) is 102 Å². The number of hydrogen-bond acceptors (Lipinski definition) is 6. The van der Waals surface area contributed by atoms with Crippen molar-refractivity contribution in [2.24, 2.45) is 0 Å². The Balaban J connectivity index is 1.67. The van der Waals surface area contributed by atoms with Gasteiger partial charge in [-0.25, -0.2) is 27.4 Å². The summed E-state index contributed by atoms with van der Waals surface area (Å²) < 4.78 is 39.8. The second-order valence-corrected chi connectivity index (χ2v) is 9.96. The van der Waals surface area contributed by atoms with Crippen LogP contribution in [-0.4, -0.2) is 46.5 Å². The highest BCUT2D eigenvalue weighted by atomic mass is 32.2. The van der Waals surface area contributed by atoms with Gasteiger partial charge in [-0.2, -0.15) is 5.10 Å². The first kappa shape index (κ1) is 18.9. The Hall–Kier alpha value is -3.14. The number of rotatable bonds is 2. The van der Waals surface area contributed by atoms with Gasteiger partial charge >= 0.3 is 0 Å². The van der Waals surface area contributed by atoms with Crippen molar-refractivity contribution in [2.75, 3.05) is 16.4 Å². The van der Waals surface area contributed by atoms with E-state index in [1.807, 2.05) is 0 Å². The summed E-state index contributed by atoms with van der Waals surface area (Å²) in [7, 11) is -3.15. The van der Waals surface area contributed by atoms with E-state index < -0.39 is 27.5 Å². The van der Waals surface area contributed by atoms with E-state index in [2.05, 4.69) is 10.1 Å². The predicted molar refractivity (Wildman–Crippen MR) is 107 cm³/mol. The van der Waals surface area contributed by atoms with Crippen molar-refractivity contribution in [1.29, 1.82) is 0 Å². The molecule has 0 bridgehead atoms. The third-order valence-electron chi connectivity index (χ3n) is 5.64. The molecule has 4 heterocycles. The minimum absolute atomic E-state index is 0.0461.